The monoisotopic (exact) mass is 369 g/mol. The summed E-state index contributed by atoms with van der Waals surface area (Å²) in [5.41, 5.74) is 6.38. The normalized spacial score (nSPS) is 19.0. The van der Waals surface area contributed by atoms with Crippen molar-refractivity contribution in [2.45, 2.75) is 45.8 Å². The van der Waals surface area contributed by atoms with Gasteiger partial charge in [0.05, 0.1) is 4.91 Å². The number of thioether (sulfide) groups is 1. The predicted octanol–water partition coefficient (Wildman–Crippen LogP) is 5.72. The van der Waals surface area contributed by atoms with Crippen LogP contribution in [0.25, 0.3) is 6.08 Å². The highest BCUT2D eigenvalue weighted by molar-refractivity contribution is 8.03. The first-order chi connectivity index (χ1) is 12.0. The van der Waals surface area contributed by atoms with E-state index in [1.54, 1.807) is 22.2 Å². The summed E-state index contributed by atoms with van der Waals surface area (Å²) in [5, 5.41) is 3.06. The number of hydrogen-bond donors (Lipinski definition) is 1. The van der Waals surface area contributed by atoms with Crippen molar-refractivity contribution in [1.29, 1.82) is 0 Å². The fourth-order valence-corrected chi connectivity index (χ4v) is 6.22. The fourth-order valence-electron chi connectivity index (χ4n) is 3.57. The van der Waals surface area contributed by atoms with E-state index in [4.69, 9.17) is 0 Å². The van der Waals surface area contributed by atoms with Gasteiger partial charge in [-0.3, -0.25) is 4.79 Å². The number of rotatable bonds is 2. The van der Waals surface area contributed by atoms with Crippen LogP contribution in [0.15, 0.2) is 23.1 Å². The number of benzene rings is 1. The molecular weight excluding hydrogens is 346 g/mol. The number of thiophene rings is 1. The number of nitrogens with one attached hydrogen (secondary N) is 1. The first-order valence-electron chi connectivity index (χ1n) is 8.88. The third kappa shape index (κ3) is 3.30. The van der Waals surface area contributed by atoms with Gasteiger partial charge in [-0.2, -0.15) is 0 Å². The van der Waals surface area contributed by atoms with E-state index in [1.807, 2.05) is 23.5 Å². The average molecular weight is 370 g/mol. The first kappa shape index (κ1) is 16.9. The first-order valence-corrected chi connectivity index (χ1v) is 10.7. The lowest BCUT2D eigenvalue weighted by Gasteiger charge is -2.20. The summed E-state index contributed by atoms with van der Waals surface area (Å²) >= 11 is 3.58. The molecule has 2 aliphatic rings. The summed E-state index contributed by atoms with van der Waals surface area (Å²) in [4.78, 5) is 16.4. The van der Waals surface area contributed by atoms with Crippen LogP contribution in [0.3, 0.4) is 0 Å². The van der Waals surface area contributed by atoms with Crippen molar-refractivity contribution in [2.75, 3.05) is 5.32 Å². The summed E-state index contributed by atoms with van der Waals surface area (Å²) in [6.45, 7) is 6.50. The molecular formula is C21H23NOS2. The Balaban J connectivity index is 1.56. The van der Waals surface area contributed by atoms with Gasteiger partial charge in [0, 0.05) is 21.2 Å². The molecule has 1 aromatic carbocycles. The summed E-state index contributed by atoms with van der Waals surface area (Å²) < 4.78 is 0. The minimum Gasteiger partial charge on any atom is -0.322 e. The highest BCUT2D eigenvalue weighted by Crippen LogP contribution is 2.43. The minimum absolute atomic E-state index is 0.0126. The second-order valence-electron chi connectivity index (χ2n) is 7.24. The molecule has 0 spiro atoms. The molecule has 0 radical (unpaired) electrons. The van der Waals surface area contributed by atoms with Gasteiger partial charge in [-0.15, -0.1) is 23.1 Å². The van der Waals surface area contributed by atoms with Crippen molar-refractivity contribution in [3.63, 3.8) is 0 Å². The van der Waals surface area contributed by atoms with E-state index in [1.165, 1.54) is 40.8 Å². The van der Waals surface area contributed by atoms with Gasteiger partial charge in [0.2, 0.25) is 0 Å². The fraction of sp³-hybridized carbons (Fsp3) is 0.381. The lowest BCUT2D eigenvalue weighted by Crippen LogP contribution is -2.14. The molecule has 4 heteroatoms. The lowest BCUT2D eigenvalue weighted by molar-refractivity contribution is -0.112. The van der Waals surface area contributed by atoms with E-state index in [9.17, 15) is 4.79 Å². The van der Waals surface area contributed by atoms with Crippen LogP contribution in [0.1, 0.15) is 45.4 Å². The summed E-state index contributed by atoms with van der Waals surface area (Å²) in [5.74, 6) is 1.73. The van der Waals surface area contributed by atoms with Crippen LogP contribution in [-0.2, 0) is 23.4 Å². The molecule has 4 rings (SSSR count). The molecule has 0 saturated carbocycles. The van der Waals surface area contributed by atoms with Crippen molar-refractivity contribution in [3.05, 3.63) is 55.1 Å². The molecule has 0 bridgehead atoms. The number of fused-ring (bicyclic) bond motifs is 3. The Hall–Kier alpha value is -1.52. The maximum Gasteiger partial charge on any atom is 0.262 e. The van der Waals surface area contributed by atoms with Gasteiger partial charge in [-0.25, -0.2) is 0 Å². The Morgan fingerprint density at radius 2 is 2.04 bits per heavy atom. The van der Waals surface area contributed by atoms with Gasteiger partial charge in [0.15, 0.2) is 0 Å². The zero-order chi connectivity index (χ0) is 17.6. The molecule has 2 aromatic rings. The van der Waals surface area contributed by atoms with Crippen molar-refractivity contribution in [3.8, 4) is 0 Å². The van der Waals surface area contributed by atoms with Crippen LogP contribution in [-0.4, -0.2) is 5.91 Å². The third-order valence-corrected chi connectivity index (χ3v) is 7.57. The van der Waals surface area contributed by atoms with E-state index in [0.29, 0.717) is 0 Å². The number of amides is 1. The molecule has 1 atom stereocenters. The van der Waals surface area contributed by atoms with Crippen LogP contribution in [0.4, 0.5) is 5.69 Å². The largest absolute Gasteiger partial charge is 0.322 e. The quantitative estimate of drug-likeness (QED) is 0.734. The number of carbonyl (C=O) groups is 1. The maximum absolute atomic E-state index is 12.7. The van der Waals surface area contributed by atoms with E-state index in [0.717, 1.165) is 22.3 Å². The van der Waals surface area contributed by atoms with E-state index in [-0.39, 0.29) is 5.91 Å². The van der Waals surface area contributed by atoms with Crippen LogP contribution in [0.5, 0.6) is 0 Å². The van der Waals surface area contributed by atoms with Gasteiger partial charge in [0.1, 0.15) is 0 Å². The number of hydrogen-bond acceptors (Lipinski definition) is 3. The molecule has 25 heavy (non-hydrogen) atoms. The van der Waals surface area contributed by atoms with Crippen LogP contribution < -0.4 is 5.32 Å². The molecule has 0 saturated heterocycles. The highest BCUT2D eigenvalue weighted by Gasteiger charge is 2.26. The predicted molar refractivity (Wildman–Crippen MR) is 109 cm³/mol. The minimum atomic E-state index is 0.0126. The van der Waals surface area contributed by atoms with Gasteiger partial charge in [-0.1, -0.05) is 13.0 Å². The van der Waals surface area contributed by atoms with Crippen LogP contribution in [0.2, 0.25) is 0 Å². The number of aryl methyl sites for hydroxylation is 2. The Morgan fingerprint density at radius 3 is 2.84 bits per heavy atom. The van der Waals surface area contributed by atoms with Crippen molar-refractivity contribution >= 4 is 40.8 Å². The smallest absolute Gasteiger partial charge is 0.262 e. The van der Waals surface area contributed by atoms with E-state index in [2.05, 4.69) is 38.2 Å². The number of anilines is 1. The zero-order valence-electron chi connectivity index (χ0n) is 14.9. The molecule has 1 aliphatic heterocycles. The van der Waals surface area contributed by atoms with Gasteiger partial charge >= 0.3 is 0 Å². The molecule has 130 valence electrons. The Kier molecular flexibility index (Phi) is 4.50. The lowest BCUT2D eigenvalue weighted by atomic mass is 9.88. The Labute approximate surface area is 157 Å². The van der Waals surface area contributed by atoms with Gasteiger partial charge in [0.25, 0.3) is 5.91 Å². The molecule has 2 nitrogen and oxygen atoms in total. The summed E-state index contributed by atoms with van der Waals surface area (Å²) in [7, 11) is 0. The Bertz CT molecular complexity index is 878. The second kappa shape index (κ2) is 6.65. The summed E-state index contributed by atoms with van der Waals surface area (Å²) in [6, 6.07) is 6.07. The van der Waals surface area contributed by atoms with Crippen LogP contribution in [0, 0.1) is 19.8 Å². The Morgan fingerprint density at radius 1 is 1.20 bits per heavy atom. The van der Waals surface area contributed by atoms with Crippen molar-refractivity contribution < 1.29 is 4.79 Å². The SMILES string of the molecule is Cc1ccc(NC(=O)C2=Cc3sc4c(c3CS2)CC[C@H](C)C4)cc1C. The standard InChI is InChI=1S/C21H23NOS2/c1-12-4-7-16-17-11-24-20(10-19(17)25-18(16)8-12)21(23)22-15-6-5-13(2)14(3)9-15/h5-6,9-10,12H,4,7-8,11H2,1-3H3,(H,22,23)/t12-/m0/s1. The molecule has 0 fully saturated rings. The maximum atomic E-state index is 12.7. The van der Waals surface area contributed by atoms with E-state index < -0.39 is 0 Å². The van der Waals surface area contributed by atoms with Gasteiger partial charge in [-0.05, 0) is 79.5 Å². The second-order valence-corrected chi connectivity index (χ2v) is 9.40. The third-order valence-electron chi connectivity index (χ3n) is 5.28. The van der Waals surface area contributed by atoms with Crippen molar-refractivity contribution in [1.82, 2.24) is 0 Å². The molecule has 1 N–H and O–H groups in total. The van der Waals surface area contributed by atoms with Gasteiger partial charge < -0.3 is 5.32 Å². The molecule has 1 aliphatic carbocycles. The van der Waals surface area contributed by atoms with Crippen molar-refractivity contribution in [2.24, 2.45) is 5.92 Å². The van der Waals surface area contributed by atoms with Crippen LogP contribution >= 0.6 is 23.1 Å². The van der Waals surface area contributed by atoms with E-state index >= 15 is 0 Å². The number of carbonyl (C=O) groups excluding carboxylic acids is 1. The molecule has 1 amide bonds. The molecule has 2 heterocycles. The highest BCUT2D eigenvalue weighted by atomic mass is 32.2. The topological polar surface area (TPSA) is 29.1 Å². The zero-order valence-corrected chi connectivity index (χ0v) is 16.6. The molecule has 1 aromatic heterocycles. The average Bonchev–Trinajstić information content (AvgIpc) is 2.94. The summed E-state index contributed by atoms with van der Waals surface area (Å²) in [6.07, 6.45) is 5.81. The molecule has 0 unspecified atom stereocenters.